The van der Waals surface area contributed by atoms with Gasteiger partial charge in [0.15, 0.2) is 6.61 Å². The van der Waals surface area contributed by atoms with Crippen molar-refractivity contribution in [3.63, 3.8) is 0 Å². The van der Waals surface area contributed by atoms with E-state index in [-0.39, 0.29) is 18.8 Å². The number of ether oxygens (including phenoxy) is 1. The van der Waals surface area contributed by atoms with Crippen LogP contribution in [0, 0.1) is 0 Å². The Hall–Kier alpha value is -1.00. The number of hydrogen-bond acceptors (Lipinski definition) is 3. The molecule has 0 radical (unpaired) electrons. The summed E-state index contributed by atoms with van der Waals surface area (Å²) in [6.07, 6.45) is -8.67. The molecule has 1 aromatic rings. The molecule has 0 amide bonds. The van der Waals surface area contributed by atoms with Crippen LogP contribution in [0.25, 0.3) is 0 Å². The first kappa shape index (κ1) is 20.3. The van der Waals surface area contributed by atoms with Crippen molar-refractivity contribution in [2.24, 2.45) is 0 Å². The average molecular weight is 435 g/mol. The highest BCUT2D eigenvalue weighted by Crippen LogP contribution is 2.27. The summed E-state index contributed by atoms with van der Waals surface area (Å²) >= 11 is 3.26. The van der Waals surface area contributed by atoms with Crippen molar-refractivity contribution in [1.29, 1.82) is 0 Å². The van der Waals surface area contributed by atoms with E-state index in [4.69, 9.17) is 4.74 Å². The van der Waals surface area contributed by atoms with Crippen molar-refractivity contribution < 1.29 is 31.1 Å². The zero-order chi connectivity index (χ0) is 18.7. The number of rotatable bonds is 5. The van der Waals surface area contributed by atoms with Crippen LogP contribution in [-0.2, 0) is 6.54 Å². The van der Waals surface area contributed by atoms with Crippen LogP contribution < -0.4 is 4.74 Å². The first-order valence-corrected chi connectivity index (χ1v) is 8.30. The Labute approximate surface area is 149 Å². The second-order valence-electron chi connectivity index (χ2n) is 5.82. The molecule has 1 aliphatic heterocycles. The lowest BCUT2D eigenvalue weighted by molar-refractivity contribution is -0.154. The largest absolute Gasteiger partial charge is 0.484 e. The molecule has 0 spiro atoms. The molecular formula is C15H17BrF6N2O. The van der Waals surface area contributed by atoms with Gasteiger partial charge >= 0.3 is 12.4 Å². The first-order valence-electron chi connectivity index (χ1n) is 7.51. The second-order valence-corrected chi connectivity index (χ2v) is 6.74. The van der Waals surface area contributed by atoms with Crippen molar-refractivity contribution in [1.82, 2.24) is 9.80 Å². The summed E-state index contributed by atoms with van der Waals surface area (Å²) in [6, 6.07) is 4.69. The summed E-state index contributed by atoms with van der Waals surface area (Å²) in [4.78, 5) is 3.22. The van der Waals surface area contributed by atoms with Crippen LogP contribution in [0.3, 0.4) is 0 Å². The zero-order valence-corrected chi connectivity index (χ0v) is 14.7. The second kappa shape index (κ2) is 8.13. The number of piperazine rings is 1. The third-order valence-electron chi connectivity index (χ3n) is 3.68. The smallest absolute Gasteiger partial charge is 0.422 e. The standard InChI is InChI=1S/C15H17BrF6N2O/c16-12-1-2-13(25-10-15(20,21)22)11(7-12)8-23-3-5-24(6-4-23)9-14(17,18)19/h1-2,7H,3-6,8-10H2. The molecule has 0 saturated carbocycles. The van der Waals surface area contributed by atoms with E-state index in [2.05, 4.69) is 15.9 Å². The van der Waals surface area contributed by atoms with E-state index in [1.54, 1.807) is 12.1 Å². The topological polar surface area (TPSA) is 15.7 Å². The van der Waals surface area contributed by atoms with E-state index >= 15 is 0 Å². The summed E-state index contributed by atoms with van der Waals surface area (Å²) in [6.45, 7) is -0.702. The van der Waals surface area contributed by atoms with Gasteiger partial charge in [-0.2, -0.15) is 26.3 Å². The Morgan fingerprint density at radius 2 is 1.52 bits per heavy atom. The van der Waals surface area contributed by atoms with Crippen molar-refractivity contribution in [2.75, 3.05) is 39.3 Å². The Kier molecular flexibility index (Phi) is 6.61. The molecule has 3 nitrogen and oxygen atoms in total. The number of nitrogens with zero attached hydrogens (tertiary/aromatic N) is 2. The highest BCUT2D eigenvalue weighted by Gasteiger charge is 2.32. The minimum Gasteiger partial charge on any atom is -0.484 e. The molecule has 1 aromatic carbocycles. The molecule has 2 rings (SSSR count). The predicted octanol–water partition coefficient (Wildman–Crippen LogP) is 4.07. The summed E-state index contributed by atoms with van der Waals surface area (Å²) in [7, 11) is 0. The monoisotopic (exact) mass is 434 g/mol. The highest BCUT2D eigenvalue weighted by molar-refractivity contribution is 9.10. The molecule has 0 unspecified atom stereocenters. The molecule has 1 heterocycles. The van der Waals surface area contributed by atoms with Crippen LogP contribution in [0.1, 0.15) is 5.56 Å². The number of halogens is 7. The summed E-state index contributed by atoms with van der Waals surface area (Å²) in [5.74, 6) is 0.123. The van der Waals surface area contributed by atoms with Gasteiger partial charge in [-0.3, -0.25) is 9.80 Å². The van der Waals surface area contributed by atoms with Gasteiger partial charge in [-0.1, -0.05) is 15.9 Å². The maximum absolute atomic E-state index is 12.4. The molecule has 0 atom stereocenters. The summed E-state index contributed by atoms with van der Waals surface area (Å²) < 4.78 is 79.8. The van der Waals surface area contributed by atoms with Crippen LogP contribution in [0.5, 0.6) is 5.75 Å². The molecule has 0 aromatic heterocycles. The van der Waals surface area contributed by atoms with Gasteiger partial charge in [0.05, 0.1) is 6.54 Å². The van der Waals surface area contributed by atoms with Crippen LogP contribution in [0.4, 0.5) is 26.3 Å². The molecule has 1 aliphatic rings. The Morgan fingerprint density at radius 3 is 2.08 bits per heavy atom. The maximum Gasteiger partial charge on any atom is 0.422 e. The molecular weight excluding hydrogens is 418 g/mol. The van der Waals surface area contributed by atoms with Crippen molar-refractivity contribution >= 4 is 15.9 Å². The van der Waals surface area contributed by atoms with Crippen LogP contribution in [-0.4, -0.2) is 61.5 Å². The van der Waals surface area contributed by atoms with Crippen LogP contribution in [0.2, 0.25) is 0 Å². The van der Waals surface area contributed by atoms with Gasteiger partial charge < -0.3 is 4.74 Å². The maximum atomic E-state index is 12.4. The molecule has 0 aliphatic carbocycles. The van der Waals surface area contributed by atoms with Crippen molar-refractivity contribution in [3.05, 3.63) is 28.2 Å². The molecule has 1 fully saturated rings. The van der Waals surface area contributed by atoms with E-state index < -0.39 is 25.5 Å². The molecule has 10 heteroatoms. The molecule has 0 N–H and O–H groups in total. The molecule has 142 valence electrons. The van der Waals surface area contributed by atoms with Crippen LogP contribution >= 0.6 is 15.9 Å². The minimum absolute atomic E-state index is 0.123. The predicted molar refractivity (Wildman–Crippen MR) is 83.5 cm³/mol. The van der Waals surface area contributed by atoms with Crippen LogP contribution in [0.15, 0.2) is 22.7 Å². The third-order valence-corrected chi connectivity index (χ3v) is 4.17. The SMILES string of the molecule is FC(F)(F)COc1ccc(Br)cc1CN1CCN(CC(F)(F)F)CC1. The number of hydrogen-bond donors (Lipinski definition) is 0. The first-order chi connectivity index (χ1) is 11.5. The fourth-order valence-electron chi connectivity index (χ4n) is 2.57. The third kappa shape index (κ3) is 7.41. The van der Waals surface area contributed by atoms with Gasteiger partial charge in [-0.05, 0) is 18.2 Å². The molecule has 25 heavy (non-hydrogen) atoms. The van der Waals surface area contributed by atoms with E-state index in [0.717, 1.165) is 0 Å². The van der Waals surface area contributed by atoms with Gasteiger partial charge in [0.1, 0.15) is 5.75 Å². The molecule has 0 bridgehead atoms. The average Bonchev–Trinajstić information content (AvgIpc) is 2.46. The summed E-state index contributed by atoms with van der Waals surface area (Å²) in [5, 5.41) is 0. The number of alkyl halides is 6. The lowest BCUT2D eigenvalue weighted by Crippen LogP contribution is -2.48. The van der Waals surface area contributed by atoms with Gasteiger partial charge in [0.2, 0.25) is 0 Å². The quantitative estimate of drug-likeness (QED) is 0.649. The van der Waals surface area contributed by atoms with Crippen molar-refractivity contribution in [2.45, 2.75) is 18.9 Å². The van der Waals surface area contributed by atoms with E-state index in [1.807, 2.05) is 4.90 Å². The van der Waals surface area contributed by atoms with Gasteiger partial charge in [0, 0.05) is 42.8 Å². The summed E-state index contributed by atoms with van der Waals surface area (Å²) in [5.41, 5.74) is 0.558. The normalized spacial score (nSPS) is 17.7. The minimum atomic E-state index is -4.44. The van der Waals surface area contributed by atoms with Gasteiger partial charge in [0.25, 0.3) is 0 Å². The molecule has 1 saturated heterocycles. The fraction of sp³-hybridized carbons (Fsp3) is 0.600. The lowest BCUT2D eigenvalue weighted by atomic mass is 10.1. The number of benzene rings is 1. The Balaban J connectivity index is 1.95. The van der Waals surface area contributed by atoms with E-state index in [0.29, 0.717) is 29.7 Å². The van der Waals surface area contributed by atoms with Gasteiger partial charge in [-0.15, -0.1) is 0 Å². The highest BCUT2D eigenvalue weighted by atomic mass is 79.9. The van der Waals surface area contributed by atoms with Crippen molar-refractivity contribution in [3.8, 4) is 5.75 Å². The Morgan fingerprint density at radius 1 is 0.920 bits per heavy atom. The lowest BCUT2D eigenvalue weighted by Gasteiger charge is -2.35. The van der Waals surface area contributed by atoms with E-state index in [1.165, 1.54) is 11.0 Å². The van der Waals surface area contributed by atoms with Gasteiger partial charge in [-0.25, -0.2) is 0 Å². The van der Waals surface area contributed by atoms with E-state index in [9.17, 15) is 26.3 Å². The fourth-order valence-corrected chi connectivity index (χ4v) is 2.98. The Bertz CT molecular complexity index is 570. The zero-order valence-electron chi connectivity index (χ0n) is 13.1.